The van der Waals surface area contributed by atoms with Gasteiger partial charge in [-0.05, 0) is 60.6 Å². The molecular formula is C23H28O5. The van der Waals surface area contributed by atoms with E-state index in [0.29, 0.717) is 6.61 Å². The van der Waals surface area contributed by atoms with E-state index in [4.69, 9.17) is 9.47 Å². The van der Waals surface area contributed by atoms with E-state index in [-0.39, 0.29) is 0 Å². The number of fused-ring (bicyclic) bond motifs is 2. The lowest BCUT2D eigenvalue weighted by Gasteiger charge is -2.45. The van der Waals surface area contributed by atoms with Gasteiger partial charge >= 0.3 is 0 Å². The zero-order valence-corrected chi connectivity index (χ0v) is 16.6. The lowest BCUT2D eigenvalue weighted by atomic mass is 9.85. The van der Waals surface area contributed by atoms with Gasteiger partial charge in [0.15, 0.2) is 0 Å². The van der Waals surface area contributed by atoms with Crippen LogP contribution in [0.25, 0.3) is 0 Å². The van der Waals surface area contributed by atoms with Crippen molar-refractivity contribution in [1.82, 2.24) is 0 Å². The molecule has 1 fully saturated rings. The zero-order valence-electron chi connectivity index (χ0n) is 16.6. The van der Waals surface area contributed by atoms with E-state index in [0.717, 1.165) is 35.1 Å². The molecule has 4 rings (SSSR count). The van der Waals surface area contributed by atoms with Crippen LogP contribution in [0.1, 0.15) is 47.2 Å². The molecule has 2 aromatic rings. The van der Waals surface area contributed by atoms with Crippen LogP contribution < -0.4 is 0 Å². The summed E-state index contributed by atoms with van der Waals surface area (Å²) >= 11 is 0. The summed E-state index contributed by atoms with van der Waals surface area (Å²) in [4.78, 5) is 0. The minimum atomic E-state index is -1.44. The summed E-state index contributed by atoms with van der Waals surface area (Å²) in [6, 6.07) is 12.7. The van der Waals surface area contributed by atoms with Gasteiger partial charge in [0.25, 0.3) is 0 Å². The smallest absolute Gasteiger partial charge is 0.225 e. The zero-order chi connectivity index (χ0) is 20.1. The molecule has 3 N–H and O–H groups in total. The molecule has 28 heavy (non-hydrogen) atoms. The Bertz CT molecular complexity index is 862. The number of aryl methyl sites for hydroxylation is 2. The van der Waals surface area contributed by atoms with Crippen LogP contribution in [-0.4, -0.2) is 39.7 Å². The van der Waals surface area contributed by atoms with Crippen molar-refractivity contribution in [1.29, 1.82) is 0 Å². The maximum Gasteiger partial charge on any atom is 0.225 e. The van der Waals surface area contributed by atoms with Crippen molar-refractivity contribution >= 4 is 0 Å². The summed E-state index contributed by atoms with van der Waals surface area (Å²) < 4.78 is 11.8. The lowest BCUT2D eigenvalue weighted by Crippen LogP contribution is -2.62. The van der Waals surface area contributed by atoms with Crippen molar-refractivity contribution in [3.8, 4) is 0 Å². The molecule has 2 aliphatic rings. The topological polar surface area (TPSA) is 79.2 Å². The third-order valence-corrected chi connectivity index (χ3v) is 6.11. The van der Waals surface area contributed by atoms with Crippen LogP contribution in [0.15, 0.2) is 36.4 Å². The highest BCUT2D eigenvalue weighted by Gasteiger charge is 2.57. The predicted octanol–water partition coefficient (Wildman–Crippen LogP) is 2.33. The first kappa shape index (κ1) is 19.6. The van der Waals surface area contributed by atoms with Crippen molar-refractivity contribution < 1.29 is 24.8 Å². The second-order valence-electron chi connectivity index (χ2n) is 7.99. The van der Waals surface area contributed by atoms with Crippen molar-refractivity contribution in [3.05, 3.63) is 69.8 Å². The van der Waals surface area contributed by atoms with Gasteiger partial charge in [-0.2, -0.15) is 0 Å². The summed E-state index contributed by atoms with van der Waals surface area (Å²) in [5, 5.41) is 31.1. The largest absolute Gasteiger partial charge is 0.388 e. The van der Waals surface area contributed by atoms with Crippen LogP contribution in [-0.2, 0) is 34.7 Å². The standard InChI is InChI=1S/C23H28O5/c1-4-15-5-7-16(8-6-15)10-17-11-19-18(9-13(17)2)12-27-23(19)22(26)21(25)20(24)14(3)28-23/h5-9,11,14,20-22,24-26H,4,10,12H2,1-3H3/t14-,20-,21+,22-,23+/m1/s1. The third-order valence-electron chi connectivity index (χ3n) is 6.11. The first-order chi connectivity index (χ1) is 13.4. The molecule has 0 saturated carbocycles. The summed E-state index contributed by atoms with van der Waals surface area (Å²) in [7, 11) is 0. The second kappa shape index (κ2) is 7.25. The molecule has 5 nitrogen and oxygen atoms in total. The SMILES string of the molecule is CCc1ccc(Cc2cc3c(cc2C)CO[C@]32O[C@H](C)[C@@H](O)[C@H](O)[C@H]2O)cc1. The quantitative estimate of drug-likeness (QED) is 0.757. The summed E-state index contributed by atoms with van der Waals surface area (Å²) in [6.45, 7) is 6.18. The minimum absolute atomic E-state index is 0.300. The molecule has 5 heteroatoms. The third kappa shape index (κ3) is 3.08. The molecule has 0 aromatic heterocycles. The normalized spacial score (nSPS) is 31.9. The molecule has 1 saturated heterocycles. The molecule has 150 valence electrons. The van der Waals surface area contributed by atoms with E-state index >= 15 is 0 Å². The number of aliphatic hydroxyl groups excluding tert-OH is 3. The average Bonchev–Trinajstić information content (AvgIpc) is 3.04. The first-order valence-electron chi connectivity index (χ1n) is 9.92. The van der Waals surface area contributed by atoms with E-state index in [1.165, 1.54) is 11.1 Å². The fraction of sp³-hybridized carbons (Fsp3) is 0.478. The van der Waals surface area contributed by atoms with Crippen molar-refractivity contribution in [2.45, 2.75) is 70.4 Å². The molecular weight excluding hydrogens is 356 g/mol. The minimum Gasteiger partial charge on any atom is -0.388 e. The molecule has 2 aliphatic heterocycles. The summed E-state index contributed by atoms with van der Waals surface area (Å²) in [5.74, 6) is -1.44. The van der Waals surface area contributed by atoms with Gasteiger partial charge in [-0.1, -0.05) is 37.3 Å². The fourth-order valence-electron chi connectivity index (χ4n) is 4.27. The van der Waals surface area contributed by atoms with E-state index in [9.17, 15) is 15.3 Å². The van der Waals surface area contributed by atoms with Gasteiger partial charge in [0.1, 0.15) is 18.3 Å². The maximum absolute atomic E-state index is 10.7. The Labute approximate surface area is 165 Å². The van der Waals surface area contributed by atoms with Crippen LogP contribution in [0.3, 0.4) is 0 Å². The average molecular weight is 384 g/mol. The highest BCUT2D eigenvalue weighted by molar-refractivity contribution is 5.45. The predicted molar refractivity (Wildman–Crippen MR) is 105 cm³/mol. The van der Waals surface area contributed by atoms with Gasteiger partial charge in [-0.15, -0.1) is 0 Å². The van der Waals surface area contributed by atoms with Crippen LogP contribution >= 0.6 is 0 Å². The van der Waals surface area contributed by atoms with Gasteiger partial charge in [0.05, 0.1) is 12.7 Å². The Kier molecular flexibility index (Phi) is 5.06. The number of hydrogen-bond donors (Lipinski definition) is 3. The number of benzene rings is 2. The van der Waals surface area contributed by atoms with Crippen molar-refractivity contribution in [3.63, 3.8) is 0 Å². The number of hydrogen-bond acceptors (Lipinski definition) is 5. The highest BCUT2D eigenvalue weighted by atomic mass is 16.7. The summed E-state index contributed by atoms with van der Waals surface area (Å²) in [5.41, 5.74) is 6.47. The monoisotopic (exact) mass is 384 g/mol. The Hall–Kier alpha value is -1.76. The van der Waals surface area contributed by atoms with E-state index < -0.39 is 30.2 Å². The molecule has 0 bridgehead atoms. The van der Waals surface area contributed by atoms with Gasteiger partial charge < -0.3 is 24.8 Å². The Morgan fingerprint density at radius 1 is 1.04 bits per heavy atom. The van der Waals surface area contributed by atoms with Crippen LogP contribution in [0.5, 0.6) is 0 Å². The van der Waals surface area contributed by atoms with Gasteiger partial charge in [0, 0.05) is 5.56 Å². The van der Waals surface area contributed by atoms with Crippen molar-refractivity contribution in [2.24, 2.45) is 0 Å². The Morgan fingerprint density at radius 3 is 2.39 bits per heavy atom. The van der Waals surface area contributed by atoms with E-state index in [1.807, 2.05) is 6.07 Å². The Morgan fingerprint density at radius 2 is 1.71 bits per heavy atom. The van der Waals surface area contributed by atoms with Crippen LogP contribution in [0.4, 0.5) is 0 Å². The van der Waals surface area contributed by atoms with Gasteiger partial charge in [0.2, 0.25) is 5.79 Å². The molecule has 0 radical (unpaired) electrons. The first-order valence-corrected chi connectivity index (χ1v) is 9.92. The number of rotatable bonds is 3. The number of aliphatic hydroxyl groups is 3. The second-order valence-corrected chi connectivity index (χ2v) is 7.99. The van der Waals surface area contributed by atoms with Crippen LogP contribution in [0.2, 0.25) is 0 Å². The Balaban J connectivity index is 1.70. The fourth-order valence-corrected chi connectivity index (χ4v) is 4.27. The molecule has 2 aromatic carbocycles. The molecule has 0 unspecified atom stereocenters. The summed E-state index contributed by atoms with van der Waals surface area (Å²) in [6.07, 6.45) is -2.73. The van der Waals surface area contributed by atoms with Gasteiger partial charge in [-0.3, -0.25) is 0 Å². The lowest BCUT2D eigenvalue weighted by molar-refractivity contribution is -0.362. The maximum atomic E-state index is 10.7. The molecule has 0 aliphatic carbocycles. The van der Waals surface area contributed by atoms with E-state index in [2.05, 4.69) is 44.2 Å². The number of ether oxygens (including phenoxy) is 2. The molecule has 2 heterocycles. The van der Waals surface area contributed by atoms with Crippen molar-refractivity contribution in [2.75, 3.05) is 0 Å². The van der Waals surface area contributed by atoms with Gasteiger partial charge in [-0.25, -0.2) is 0 Å². The molecule has 0 amide bonds. The molecule has 5 atom stereocenters. The molecule has 1 spiro atoms. The van der Waals surface area contributed by atoms with Crippen LogP contribution in [0, 0.1) is 6.92 Å². The van der Waals surface area contributed by atoms with E-state index in [1.54, 1.807) is 6.92 Å². The highest BCUT2D eigenvalue weighted by Crippen LogP contribution is 2.46.